The van der Waals surface area contributed by atoms with Crippen molar-refractivity contribution < 1.29 is 39.0 Å². The Morgan fingerprint density at radius 2 is 1.47 bits per heavy atom. The molecule has 0 aromatic heterocycles. The molecule has 0 aliphatic heterocycles. The van der Waals surface area contributed by atoms with Crippen molar-refractivity contribution in [3.63, 3.8) is 0 Å². The first-order valence-corrected chi connectivity index (χ1v) is 10.2. The number of nitrogens with one attached hydrogen (secondary N) is 3. The number of carbonyl (C=O) groups excluding carboxylic acids is 4. The van der Waals surface area contributed by atoms with Gasteiger partial charge < -0.3 is 49.1 Å². The lowest BCUT2D eigenvalue weighted by molar-refractivity contribution is -0.142. The fraction of sp³-hybridized carbons (Fsp3) is 0.611. The van der Waals surface area contributed by atoms with Crippen LogP contribution in [0.1, 0.15) is 38.5 Å². The second-order valence-corrected chi connectivity index (χ2v) is 7.23. The third-order valence-electron chi connectivity index (χ3n) is 4.32. The Bertz CT molecular complexity index is 784. The molecule has 0 aromatic rings. The maximum atomic E-state index is 12.4. The lowest BCUT2D eigenvalue weighted by atomic mass is 10.1. The van der Waals surface area contributed by atoms with Gasteiger partial charge in [0.15, 0.2) is 5.96 Å². The Balaban J connectivity index is 4.88. The highest BCUT2D eigenvalue weighted by Gasteiger charge is 2.26. The highest BCUT2D eigenvalue weighted by atomic mass is 16.4. The number of hydrogen-bond acceptors (Lipinski definition) is 8. The van der Waals surface area contributed by atoms with Crippen LogP contribution in [-0.2, 0) is 28.8 Å². The van der Waals surface area contributed by atoms with Crippen LogP contribution in [0.25, 0.3) is 0 Å². The van der Waals surface area contributed by atoms with Crippen molar-refractivity contribution in [2.24, 2.45) is 27.9 Å². The molecule has 0 saturated carbocycles. The monoisotopic (exact) mass is 488 g/mol. The lowest BCUT2D eigenvalue weighted by Gasteiger charge is -2.20. The molecule has 0 radical (unpaired) electrons. The summed E-state index contributed by atoms with van der Waals surface area (Å²) < 4.78 is 0. The number of aliphatic imine (C=N–C) groups is 1. The molecular weight excluding hydrogens is 456 g/mol. The summed E-state index contributed by atoms with van der Waals surface area (Å²) in [6.07, 6.45) is -0.751. The highest BCUT2D eigenvalue weighted by Crippen LogP contribution is 2.02. The lowest BCUT2D eigenvalue weighted by Crippen LogP contribution is -2.53. The number of carboxylic acids is 2. The number of nitrogens with zero attached hydrogens (tertiary/aromatic N) is 1. The molecule has 192 valence electrons. The summed E-state index contributed by atoms with van der Waals surface area (Å²) in [7, 11) is 0. The zero-order valence-corrected chi connectivity index (χ0v) is 18.5. The number of hydrogen-bond donors (Lipinski definition) is 9. The summed E-state index contributed by atoms with van der Waals surface area (Å²) in [5.74, 6) is -5.89. The Hall–Kier alpha value is -3.95. The molecule has 0 spiro atoms. The Morgan fingerprint density at radius 1 is 0.824 bits per heavy atom. The van der Waals surface area contributed by atoms with Gasteiger partial charge in [0, 0.05) is 19.4 Å². The molecule has 3 unspecified atom stereocenters. The molecule has 4 amide bonds. The highest BCUT2D eigenvalue weighted by molar-refractivity contribution is 5.93. The van der Waals surface area contributed by atoms with Gasteiger partial charge in [-0.1, -0.05) is 0 Å². The number of carbonyl (C=O) groups is 6. The van der Waals surface area contributed by atoms with Gasteiger partial charge in [0.1, 0.15) is 12.1 Å². The topological polar surface area (TPSA) is 295 Å². The van der Waals surface area contributed by atoms with E-state index >= 15 is 0 Å². The van der Waals surface area contributed by atoms with Crippen molar-refractivity contribution in [1.29, 1.82) is 0 Å². The average Bonchev–Trinajstić information content (AvgIpc) is 2.74. The van der Waals surface area contributed by atoms with E-state index in [1.807, 2.05) is 0 Å². The van der Waals surface area contributed by atoms with E-state index in [4.69, 9.17) is 28.0 Å². The van der Waals surface area contributed by atoms with Crippen LogP contribution >= 0.6 is 0 Å². The van der Waals surface area contributed by atoms with Crippen molar-refractivity contribution in [3.8, 4) is 0 Å². The van der Waals surface area contributed by atoms with Gasteiger partial charge in [-0.25, -0.2) is 4.79 Å². The largest absolute Gasteiger partial charge is 0.481 e. The van der Waals surface area contributed by atoms with Gasteiger partial charge in [0.2, 0.25) is 23.6 Å². The fourth-order valence-electron chi connectivity index (χ4n) is 2.54. The zero-order chi connectivity index (χ0) is 26.3. The van der Waals surface area contributed by atoms with Gasteiger partial charge >= 0.3 is 11.9 Å². The molecule has 16 heteroatoms. The molecule has 16 nitrogen and oxygen atoms in total. The predicted octanol–water partition coefficient (Wildman–Crippen LogP) is -4.33. The second kappa shape index (κ2) is 15.8. The minimum absolute atomic E-state index is 0.0201. The maximum absolute atomic E-state index is 12.4. The molecule has 0 rings (SSSR count). The van der Waals surface area contributed by atoms with E-state index < -0.39 is 66.7 Å². The number of aliphatic carboxylic acids is 2. The first kappa shape index (κ1) is 30.0. The number of primary amides is 1. The molecule has 0 heterocycles. The smallest absolute Gasteiger partial charge is 0.326 e. The average molecular weight is 489 g/mol. The van der Waals surface area contributed by atoms with Gasteiger partial charge in [0.25, 0.3) is 0 Å². The molecule has 0 saturated heterocycles. The third kappa shape index (κ3) is 14.2. The Kier molecular flexibility index (Phi) is 14.0. The van der Waals surface area contributed by atoms with Crippen LogP contribution in [-0.4, -0.2) is 83.0 Å². The minimum atomic E-state index is -1.34. The number of carboxylic acid groups (broad SMARTS) is 2. The molecule has 34 heavy (non-hydrogen) atoms. The second-order valence-electron chi connectivity index (χ2n) is 7.23. The molecule has 0 bridgehead atoms. The fourth-order valence-corrected chi connectivity index (χ4v) is 2.54. The van der Waals surface area contributed by atoms with E-state index in [9.17, 15) is 33.9 Å². The van der Waals surface area contributed by atoms with Crippen molar-refractivity contribution >= 4 is 41.5 Å². The van der Waals surface area contributed by atoms with E-state index in [0.717, 1.165) is 0 Å². The zero-order valence-electron chi connectivity index (χ0n) is 18.5. The van der Waals surface area contributed by atoms with E-state index in [1.54, 1.807) is 0 Å². The van der Waals surface area contributed by atoms with E-state index in [0.29, 0.717) is 0 Å². The van der Waals surface area contributed by atoms with Crippen molar-refractivity contribution in [3.05, 3.63) is 0 Å². The van der Waals surface area contributed by atoms with Gasteiger partial charge in [-0.2, -0.15) is 0 Å². The van der Waals surface area contributed by atoms with Crippen LogP contribution in [0.5, 0.6) is 0 Å². The molecule has 0 fully saturated rings. The standard InChI is InChI=1S/C18H32N8O8/c19-9(3-5-12(20)27)15(31)26-10(4-6-14(29)30)16(32)24-8-13(28)25-11(17(33)34)2-1-7-23-18(21)22/h9-11H,1-8,19H2,(H2,20,27)(H,24,32)(H,25,28)(H,26,31)(H,29,30)(H,33,34)(H4,21,22,23). The Labute approximate surface area is 194 Å². The van der Waals surface area contributed by atoms with E-state index in [2.05, 4.69) is 20.9 Å². The van der Waals surface area contributed by atoms with Crippen molar-refractivity contribution in [1.82, 2.24) is 16.0 Å². The summed E-state index contributed by atoms with van der Waals surface area (Å²) in [6, 6.07) is -3.78. The maximum Gasteiger partial charge on any atom is 0.326 e. The molecule has 0 aliphatic carbocycles. The summed E-state index contributed by atoms with van der Waals surface area (Å²) in [5.41, 5.74) is 21.0. The molecule has 3 atom stereocenters. The molecular formula is C18H32N8O8. The van der Waals surface area contributed by atoms with Crippen LogP contribution in [0.3, 0.4) is 0 Å². The van der Waals surface area contributed by atoms with Crippen LogP contribution < -0.4 is 38.9 Å². The van der Waals surface area contributed by atoms with Gasteiger partial charge in [-0.05, 0) is 25.7 Å². The quantitative estimate of drug-likeness (QED) is 0.0535. The number of amides is 4. The van der Waals surface area contributed by atoms with E-state index in [-0.39, 0.29) is 44.6 Å². The molecule has 13 N–H and O–H groups in total. The minimum Gasteiger partial charge on any atom is -0.481 e. The van der Waals surface area contributed by atoms with Gasteiger partial charge in [-0.3, -0.25) is 29.0 Å². The van der Waals surface area contributed by atoms with E-state index in [1.165, 1.54) is 0 Å². The SMILES string of the molecule is NC(=O)CCC(N)C(=O)NC(CCC(=O)O)C(=O)NCC(=O)NC(CCCN=C(N)N)C(=O)O. The van der Waals surface area contributed by atoms with Gasteiger partial charge in [-0.15, -0.1) is 0 Å². The summed E-state index contributed by atoms with van der Waals surface area (Å²) in [4.78, 5) is 73.3. The van der Waals surface area contributed by atoms with Crippen molar-refractivity contribution in [2.75, 3.05) is 13.1 Å². The Morgan fingerprint density at radius 3 is 2.00 bits per heavy atom. The number of guanidine groups is 1. The predicted molar refractivity (Wildman–Crippen MR) is 118 cm³/mol. The van der Waals surface area contributed by atoms with Crippen LogP contribution in [0.4, 0.5) is 0 Å². The van der Waals surface area contributed by atoms with Crippen LogP contribution in [0.2, 0.25) is 0 Å². The number of nitrogens with two attached hydrogens (primary N) is 4. The first-order valence-electron chi connectivity index (χ1n) is 10.2. The summed E-state index contributed by atoms with van der Waals surface area (Å²) >= 11 is 0. The van der Waals surface area contributed by atoms with Crippen LogP contribution in [0.15, 0.2) is 4.99 Å². The van der Waals surface area contributed by atoms with Gasteiger partial charge in [0.05, 0.1) is 12.6 Å². The summed E-state index contributed by atoms with van der Waals surface area (Å²) in [6.45, 7) is -0.477. The summed E-state index contributed by atoms with van der Waals surface area (Å²) in [5, 5.41) is 24.8. The number of rotatable bonds is 17. The molecule has 0 aliphatic rings. The molecule has 0 aromatic carbocycles. The normalized spacial score (nSPS) is 13.0. The van der Waals surface area contributed by atoms with Crippen LogP contribution in [0, 0.1) is 0 Å². The first-order chi connectivity index (χ1) is 15.8. The van der Waals surface area contributed by atoms with Crippen molar-refractivity contribution in [2.45, 2.75) is 56.7 Å². The third-order valence-corrected chi connectivity index (χ3v) is 4.32.